The first kappa shape index (κ1) is 27.6. The van der Waals surface area contributed by atoms with Gasteiger partial charge in [0.05, 0.1) is 11.0 Å². The van der Waals surface area contributed by atoms with E-state index in [4.69, 9.17) is 0 Å². The van der Waals surface area contributed by atoms with Crippen LogP contribution in [0.15, 0.2) is 158 Å². The lowest BCUT2D eigenvalue weighted by Crippen LogP contribution is -2.10. The highest BCUT2D eigenvalue weighted by Gasteiger charge is 2.21. The van der Waals surface area contributed by atoms with Crippen LogP contribution >= 0.6 is 0 Å². The van der Waals surface area contributed by atoms with E-state index in [9.17, 15) is 0 Å². The summed E-state index contributed by atoms with van der Waals surface area (Å²) in [6, 6.07) is 58.3. The van der Waals surface area contributed by atoms with Crippen LogP contribution in [0.25, 0.3) is 82.1 Å². The maximum atomic E-state index is 2.45. The van der Waals surface area contributed by atoms with Gasteiger partial charge in [0, 0.05) is 16.5 Å². The van der Waals surface area contributed by atoms with E-state index in [-0.39, 0.29) is 5.41 Å². The molecule has 0 aliphatic rings. The summed E-state index contributed by atoms with van der Waals surface area (Å²) in [5.74, 6) is 0. The maximum Gasteiger partial charge on any atom is 0.0541 e. The number of para-hydroxylation sites is 2. The van der Waals surface area contributed by atoms with Crippen molar-refractivity contribution in [3.05, 3.63) is 163 Å². The van der Waals surface area contributed by atoms with Crippen LogP contribution in [0.4, 0.5) is 0 Å². The zero-order chi connectivity index (χ0) is 31.7. The van der Waals surface area contributed by atoms with Gasteiger partial charge in [0.25, 0.3) is 0 Å². The van der Waals surface area contributed by atoms with E-state index in [1.54, 1.807) is 0 Å². The summed E-state index contributed by atoms with van der Waals surface area (Å²) in [7, 11) is 0. The molecule has 0 aliphatic carbocycles. The molecule has 0 N–H and O–H groups in total. The van der Waals surface area contributed by atoms with Crippen molar-refractivity contribution in [3.8, 4) is 27.9 Å². The van der Waals surface area contributed by atoms with Gasteiger partial charge in [-0.05, 0) is 95.9 Å². The largest absolute Gasteiger partial charge is 0.309 e. The average molecular weight is 602 g/mol. The third-order valence-corrected chi connectivity index (χ3v) is 9.94. The van der Waals surface area contributed by atoms with E-state index in [1.165, 1.54) is 87.6 Å². The summed E-state index contributed by atoms with van der Waals surface area (Å²) >= 11 is 0. The van der Waals surface area contributed by atoms with Crippen molar-refractivity contribution in [1.29, 1.82) is 0 Å². The van der Waals surface area contributed by atoms with Crippen LogP contribution < -0.4 is 0 Å². The van der Waals surface area contributed by atoms with Gasteiger partial charge in [-0.15, -0.1) is 0 Å². The van der Waals surface area contributed by atoms with Crippen LogP contribution in [0.2, 0.25) is 0 Å². The fourth-order valence-corrected chi connectivity index (χ4v) is 7.67. The predicted octanol–water partition coefficient (Wildman–Crippen LogP) is 12.9. The van der Waals surface area contributed by atoms with Crippen molar-refractivity contribution < 1.29 is 0 Å². The van der Waals surface area contributed by atoms with Gasteiger partial charge in [0.15, 0.2) is 0 Å². The molecule has 1 aromatic heterocycles. The van der Waals surface area contributed by atoms with Crippen molar-refractivity contribution in [2.24, 2.45) is 0 Å². The Balaban J connectivity index is 1.33. The highest BCUT2D eigenvalue weighted by Crippen LogP contribution is 2.46. The molecule has 0 radical (unpaired) electrons. The van der Waals surface area contributed by atoms with Crippen molar-refractivity contribution in [3.63, 3.8) is 0 Å². The Morgan fingerprint density at radius 1 is 0.404 bits per heavy atom. The zero-order valence-electron chi connectivity index (χ0n) is 27.0. The monoisotopic (exact) mass is 601 g/mol. The SMILES string of the molecule is CC(C)(C)c1ccc2c(-c3ccc(-n4c5ccccc5c5ccccc54)cc3)c3ccccc3c(-c3cccc4ccccc34)c2c1. The average Bonchev–Trinajstić information content (AvgIpc) is 3.44. The highest BCUT2D eigenvalue weighted by atomic mass is 15.0. The Bertz CT molecular complexity index is 2590. The van der Waals surface area contributed by atoms with Crippen molar-refractivity contribution >= 4 is 54.1 Å². The molecular formula is C46H35N. The second-order valence-electron chi connectivity index (χ2n) is 13.7. The molecule has 9 rings (SSSR count). The maximum absolute atomic E-state index is 2.45. The minimum atomic E-state index is 0.0278. The topological polar surface area (TPSA) is 4.93 Å². The molecular weight excluding hydrogens is 567 g/mol. The van der Waals surface area contributed by atoms with Gasteiger partial charge in [-0.3, -0.25) is 0 Å². The minimum absolute atomic E-state index is 0.0278. The lowest BCUT2D eigenvalue weighted by Gasteiger charge is -2.23. The van der Waals surface area contributed by atoms with Gasteiger partial charge >= 0.3 is 0 Å². The first-order valence-electron chi connectivity index (χ1n) is 16.5. The quantitative estimate of drug-likeness (QED) is 0.178. The summed E-state index contributed by atoms with van der Waals surface area (Å²) in [5.41, 5.74) is 10.1. The van der Waals surface area contributed by atoms with Crippen LogP contribution in [0.3, 0.4) is 0 Å². The highest BCUT2D eigenvalue weighted by molar-refractivity contribution is 6.23. The summed E-state index contributed by atoms with van der Waals surface area (Å²) < 4.78 is 2.39. The fourth-order valence-electron chi connectivity index (χ4n) is 7.67. The normalized spacial score (nSPS) is 12.1. The summed E-state index contributed by atoms with van der Waals surface area (Å²) in [6.07, 6.45) is 0. The van der Waals surface area contributed by atoms with Crippen LogP contribution in [0.1, 0.15) is 26.3 Å². The Hall–Kier alpha value is -5.66. The van der Waals surface area contributed by atoms with Gasteiger partial charge in [-0.2, -0.15) is 0 Å². The van der Waals surface area contributed by atoms with Crippen molar-refractivity contribution in [2.75, 3.05) is 0 Å². The molecule has 0 aliphatic heterocycles. The standard InChI is InChI=1S/C46H35N/c1-46(2,3)32-25-28-40-41(29-32)45(37-20-12-14-30-13-4-5-15-34(30)37)39-19-7-6-18-38(39)44(40)31-23-26-33(27-24-31)47-42-21-10-8-16-35(42)36-17-9-11-22-43(36)47/h4-29H,1-3H3. The molecule has 224 valence electrons. The molecule has 0 fully saturated rings. The Morgan fingerprint density at radius 2 is 0.936 bits per heavy atom. The molecule has 0 atom stereocenters. The van der Waals surface area contributed by atoms with Gasteiger partial charge in [-0.1, -0.05) is 148 Å². The second kappa shape index (κ2) is 10.4. The van der Waals surface area contributed by atoms with Gasteiger partial charge in [0.1, 0.15) is 0 Å². The van der Waals surface area contributed by atoms with Gasteiger partial charge in [-0.25, -0.2) is 0 Å². The molecule has 0 unspecified atom stereocenters. The molecule has 8 aromatic carbocycles. The molecule has 0 amide bonds. The lowest BCUT2D eigenvalue weighted by atomic mass is 9.81. The van der Waals surface area contributed by atoms with Crippen LogP contribution in [0.5, 0.6) is 0 Å². The third kappa shape index (κ3) is 4.31. The van der Waals surface area contributed by atoms with E-state index in [1.807, 2.05) is 0 Å². The van der Waals surface area contributed by atoms with Gasteiger partial charge in [0.2, 0.25) is 0 Å². The van der Waals surface area contributed by atoms with E-state index >= 15 is 0 Å². The molecule has 9 aromatic rings. The molecule has 1 heterocycles. The smallest absolute Gasteiger partial charge is 0.0541 e. The van der Waals surface area contributed by atoms with Gasteiger partial charge < -0.3 is 4.57 Å². The first-order valence-corrected chi connectivity index (χ1v) is 16.5. The van der Waals surface area contributed by atoms with E-state index in [0.717, 1.165) is 0 Å². The molecule has 0 bridgehead atoms. The second-order valence-corrected chi connectivity index (χ2v) is 13.7. The molecule has 0 spiro atoms. The van der Waals surface area contributed by atoms with E-state index < -0.39 is 0 Å². The number of hydrogen-bond acceptors (Lipinski definition) is 0. The number of hydrogen-bond donors (Lipinski definition) is 0. The van der Waals surface area contributed by atoms with Crippen LogP contribution in [0, 0.1) is 0 Å². The van der Waals surface area contributed by atoms with Crippen LogP contribution in [-0.2, 0) is 5.41 Å². The number of benzene rings is 8. The van der Waals surface area contributed by atoms with Crippen molar-refractivity contribution in [2.45, 2.75) is 26.2 Å². The number of fused-ring (bicyclic) bond motifs is 6. The Labute approximate surface area is 275 Å². The predicted molar refractivity (Wildman–Crippen MR) is 203 cm³/mol. The Kier molecular flexibility index (Phi) is 6.14. The molecule has 0 saturated heterocycles. The molecule has 47 heavy (non-hydrogen) atoms. The molecule has 0 saturated carbocycles. The van der Waals surface area contributed by atoms with Crippen molar-refractivity contribution in [1.82, 2.24) is 4.57 Å². The zero-order valence-corrected chi connectivity index (χ0v) is 27.0. The number of rotatable bonds is 3. The summed E-state index contributed by atoms with van der Waals surface area (Å²) in [4.78, 5) is 0. The number of nitrogens with zero attached hydrogens (tertiary/aromatic N) is 1. The van der Waals surface area contributed by atoms with Crippen LogP contribution in [-0.4, -0.2) is 4.57 Å². The number of aromatic nitrogens is 1. The molecule has 1 heteroatoms. The fraction of sp³-hybridized carbons (Fsp3) is 0.0870. The summed E-state index contributed by atoms with van der Waals surface area (Å²) in [5, 5.41) is 10.2. The first-order chi connectivity index (χ1) is 23.0. The third-order valence-electron chi connectivity index (χ3n) is 9.94. The summed E-state index contributed by atoms with van der Waals surface area (Å²) in [6.45, 7) is 6.92. The minimum Gasteiger partial charge on any atom is -0.309 e. The van der Waals surface area contributed by atoms with E-state index in [0.29, 0.717) is 0 Å². The lowest BCUT2D eigenvalue weighted by molar-refractivity contribution is 0.591. The Morgan fingerprint density at radius 3 is 1.60 bits per heavy atom. The molecule has 1 nitrogen and oxygen atoms in total. The van der Waals surface area contributed by atoms with E-state index in [2.05, 4.69) is 183 Å².